The summed E-state index contributed by atoms with van der Waals surface area (Å²) in [6.45, 7) is -0.602. The Morgan fingerprint density at radius 2 is 1.78 bits per heavy atom. The first-order valence-corrected chi connectivity index (χ1v) is 9.69. The molecule has 5 atom stereocenters. The molecule has 1 heterocycles. The zero-order chi connectivity index (χ0) is 19.3. The Morgan fingerprint density at radius 1 is 1.15 bits per heavy atom. The molecular formula is C14H19KNO9S2. The number of hydrogen-bond donors (Lipinski definition) is 5. The summed E-state index contributed by atoms with van der Waals surface area (Å²) in [5, 5.41) is 42.2. The summed E-state index contributed by atoms with van der Waals surface area (Å²) in [5.41, 5.74) is -0.444. The van der Waals surface area contributed by atoms with Crippen molar-refractivity contribution in [3.8, 4) is 0 Å². The molecular weight excluding hydrogens is 429 g/mol. The zero-order valence-corrected chi connectivity index (χ0v) is 19.1. The first-order chi connectivity index (χ1) is 12.2. The molecule has 147 valence electrons. The number of thioether (sulfide) groups is 1. The van der Waals surface area contributed by atoms with Gasteiger partial charge in [0.25, 0.3) is 0 Å². The maximum absolute atomic E-state index is 10.8. The van der Waals surface area contributed by atoms with Crippen molar-refractivity contribution in [2.45, 2.75) is 36.3 Å². The van der Waals surface area contributed by atoms with Gasteiger partial charge in [0.1, 0.15) is 34.9 Å². The van der Waals surface area contributed by atoms with Gasteiger partial charge in [-0.1, -0.05) is 47.2 Å². The summed E-state index contributed by atoms with van der Waals surface area (Å²) in [6, 6.07) is 8.73. The van der Waals surface area contributed by atoms with Gasteiger partial charge in [0.15, 0.2) is 0 Å². The van der Waals surface area contributed by atoms with E-state index < -0.39 is 46.9 Å². The Morgan fingerprint density at radius 3 is 2.33 bits per heavy atom. The fourth-order valence-corrected chi connectivity index (χ4v) is 3.58. The van der Waals surface area contributed by atoms with Gasteiger partial charge in [-0.2, -0.15) is 8.42 Å². The molecule has 0 saturated carbocycles. The van der Waals surface area contributed by atoms with E-state index >= 15 is 0 Å². The van der Waals surface area contributed by atoms with E-state index in [1.807, 2.05) is 0 Å². The molecule has 5 N–H and O–H groups in total. The molecule has 1 aliphatic rings. The van der Waals surface area contributed by atoms with Crippen molar-refractivity contribution in [1.82, 2.24) is 0 Å². The average molecular weight is 449 g/mol. The van der Waals surface area contributed by atoms with Crippen LogP contribution in [0.5, 0.6) is 0 Å². The van der Waals surface area contributed by atoms with Crippen LogP contribution in [0, 0.1) is 0 Å². The normalized spacial score (nSPS) is 29.1. The van der Waals surface area contributed by atoms with Gasteiger partial charge in [0.05, 0.1) is 6.61 Å². The molecule has 0 spiro atoms. The van der Waals surface area contributed by atoms with Crippen molar-refractivity contribution in [1.29, 1.82) is 0 Å². The zero-order valence-electron chi connectivity index (χ0n) is 14.3. The summed E-state index contributed by atoms with van der Waals surface area (Å²) in [5.74, 6) is 0. The van der Waals surface area contributed by atoms with E-state index in [1.54, 1.807) is 30.3 Å². The Hall–Kier alpha value is 0.386. The van der Waals surface area contributed by atoms with E-state index in [4.69, 9.17) is 9.29 Å². The van der Waals surface area contributed by atoms with Crippen LogP contribution < -0.4 is 0 Å². The summed E-state index contributed by atoms with van der Waals surface area (Å²) in [6.07, 6.45) is -5.68. The Balaban J connectivity index is 0.00000364. The smallest absolute Gasteiger partial charge is 0.394 e. The van der Waals surface area contributed by atoms with Gasteiger partial charge in [0, 0.05) is 57.8 Å². The van der Waals surface area contributed by atoms with E-state index in [0.717, 1.165) is 17.3 Å². The molecule has 2 rings (SSSR count). The first kappa shape index (κ1) is 25.4. The monoisotopic (exact) mass is 448 g/mol. The number of rotatable bonds is 6. The first-order valence-electron chi connectivity index (χ1n) is 7.45. The summed E-state index contributed by atoms with van der Waals surface area (Å²) in [7, 11) is -4.83. The molecule has 1 radical (unpaired) electrons. The molecule has 10 nitrogen and oxygen atoms in total. The molecule has 0 amide bonds. The van der Waals surface area contributed by atoms with Crippen LogP contribution in [0.25, 0.3) is 0 Å². The molecule has 1 aromatic carbocycles. The predicted molar refractivity (Wildman–Crippen MR) is 97.3 cm³/mol. The van der Waals surface area contributed by atoms with Gasteiger partial charge < -0.3 is 25.2 Å². The number of aliphatic hydroxyl groups excluding tert-OH is 4. The third-order valence-corrected chi connectivity index (χ3v) is 4.91. The van der Waals surface area contributed by atoms with Crippen LogP contribution in [0.2, 0.25) is 0 Å². The van der Waals surface area contributed by atoms with Crippen molar-refractivity contribution in [3.05, 3.63) is 35.9 Å². The molecule has 13 heteroatoms. The van der Waals surface area contributed by atoms with Crippen LogP contribution in [0.1, 0.15) is 5.56 Å². The van der Waals surface area contributed by atoms with Gasteiger partial charge >= 0.3 is 10.4 Å². The maximum atomic E-state index is 10.8. The number of hydrogen-bond acceptors (Lipinski definition) is 10. The van der Waals surface area contributed by atoms with Crippen molar-refractivity contribution in [3.63, 3.8) is 0 Å². The Labute approximate surface area is 202 Å². The SMILES string of the molecule is O=S(=O)(O)O/N=C(\Cc1ccccc1)S[C@@H]1O[C@H](CO)[C@@H](O)[C@H](O)[C@H]1O.[K]. The van der Waals surface area contributed by atoms with Crippen LogP contribution in [-0.4, -0.2) is 126 Å². The quantitative estimate of drug-likeness (QED) is 0.114. The van der Waals surface area contributed by atoms with E-state index in [0.29, 0.717) is 0 Å². The van der Waals surface area contributed by atoms with E-state index in [1.165, 1.54) is 0 Å². The van der Waals surface area contributed by atoms with Gasteiger partial charge in [-0.05, 0) is 5.56 Å². The van der Waals surface area contributed by atoms with Crippen LogP contribution in [-0.2, 0) is 25.8 Å². The number of oxime groups is 1. The predicted octanol–water partition coefficient (Wildman–Crippen LogP) is -1.49. The summed E-state index contributed by atoms with van der Waals surface area (Å²) < 4.78 is 39.6. The van der Waals surface area contributed by atoms with E-state index in [-0.39, 0.29) is 62.8 Å². The molecule has 1 aliphatic heterocycles. The third kappa shape index (κ3) is 7.96. The van der Waals surface area contributed by atoms with Gasteiger partial charge in [-0.15, -0.1) is 0 Å². The summed E-state index contributed by atoms with van der Waals surface area (Å²) >= 11 is 0.729. The van der Waals surface area contributed by atoms with Crippen molar-refractivity contribution in [2.75, 3.05) is 6.61 Å². The standard InChI is InChI=1S/C14H19NO9S2.K/c16-7-9-11(17)12(18)13(19)14(23-9)25-10(15-24-26(20,21)22)6-8-4-2-1-3-5-8;/h1-5,9,11-14,16-19H,6-7H2,(H,20,21,22);/b15-10+;/t9-,11-,12+,13-,14+;/m1./s1. The number of benzene rings is 1. The fraction of sp³-hybridized carbons (Fsp3) is 0.500. The van der Waals surface area contributed by atoms with E-state index in [9.17, 15) is 28.8 Å². The minimum Gasteiger partial charge on any atom is -0.394 e. The molecule has 1 aromatic rings. The average Bonchev–Trinajstić information content (AvgIpc) is 2.60. The Bertz CT molecular complexity index is 717. The van der Waals surface area contributed by atoms with Crippen molar-refractivity contribution >= 4 is 78.6 Å². The number of ether oxygens (including phenoxy) is 1. The van der Waals surface area contributed by atoms with E-state index in [2.05, 4.69) is 9.44 Å². The molecule has 0 aromatic heterocycles. The topological polar surface area (TPSA) is 166 Å². The molecule has 0 unspecified atom stereocenters. The van der Waals surface area contributed by atoms with Crippen LogP contribution in [0.4, 0.5) is 0 Å². The van der Waals surface area contributed by atoms with Gasteiger partial charge in [-0.25, -0.2) is 4.28 Å². The number of aliphatic hydroxyl groups is 4. The number of nitrogens with zero attached hydrogens (tertiary/aromatic N) is 1. The second-order valence-corrected chi connectivity index (χ2v) is 7.64. The minimum atomic E-state index is -4.83. The second kappa shape index (κ2) is 11.5. The minimum absolute atomic E-state index is 0. The molecule has 0 bridgehead atoms. The molecule has 0 aliphatic carbocycles. The second-order valence-electron chi connectivity index (χ2n) is 5.46. The summed E-state index contributed by atoms with van der Waals surface area (Å²) in [4.78, 5) is 0. The van der Waals surface area contributed by atoms with Crippen LogP contribution in [0.15, 0.2) is 35.5 Å². The van der Waals surface area contributed by atoms with Crippen molar-refractivity contribution < 1.29 is 42.4 Å². The molecule has 27 heavy (non-hydrogen) atoms. The van der Waals surface area contributed by atoms with Gasteiger partial charge in [-0.3, -0.25) is 4.55 Å². The largest absolute Gasteiger partial charge is 0.466 e. The maximum Gasteiger partial charge on any atom is 0.466 e. The fourth-order valence-electron chi connectivity index (χ4n) is 2.25. The molecule has 1 saturated heterocycles. The van der Waals surface area contributed by atoms with Crippen molar-refractivity contribution in [2.24, 2.45) is 5.16 Å². The Kier molecular flexibility index (Phi) is 10.9. The van der Waals surface area contributed by atoms with Gasteiger partial charge in [0.2, 0.25) is 0 Å². The molecule has 1 fully saturated rings. The van der Waals surface area contributed by atoms with Crippen LogP contribution >= 0.6 is 11.8 Å². The third-order valence-electron chi connectivity index (χ3n) is 3.53. The van der Waals surface area contributed by atoms with Crippen LogP contribution in [0.3, 0.4) is 0 Å².